The first-order chi connectivity index (χ1) is 15.4. The molecule has 32 heavy (non-hydrogen) atoms. The highest BCUT2D eigenvalue weighted by molar-refractivity contribution is 5.65. The predicted octanol–water partition coefficient (Wildman–Crippen LogP) is 10.0. The van der Waals surface area contributed by atoms with Gasteiger partial charge in [0.05, 0.1) is 0 Å². The lowest BCUT2D eigenvalue weighted by Crippen LogP contribution is -2.13. The van der Waals surface area contributed by atoms with Crippen LogP contribution < -0.4 is 0 Å². The average Bonchev–Trinajstić information content (AvgIpc) is 2.81. The maximum Gasteiger partial charge on any atom is 0.273 e. The van der Waals surface area contributed by atoms with Gasteiger partial charge in [0.1, 0.15) is 5.82 Å². The van der Waals surface area contributed by atoms with Crippen LogP contribution in [0, 0.1) is 11.7 Å². The molecule has 0 N–H and O–H groups in total. The number of hydrogen-bond donors (Lipinski definition) is 0. The lowest BCUT2D eigenvalue weighted by atomic mass is 9.77. The second-order valence-corrected chi connectivity index (χ2v) is 9.69. The average molecular weight is 445 g/mol. The molecule has 0 bridgehead atoms. The zero-order valence-electron chi connectivity index (χ0n) is 19.8. The predicted molar refractivity (Wildman–Crippen MR) is 129 cm³/mol. The van der Waals surface area contributed by atoms with Crippen LogP contribution in [0.5, 0.6) is 0 Å². The number of rotatable bonds is 11. The summed E-state index contributed by atoms with van der Waals surface area (Å²) in [4.78, 5) is 0. The summed E-state index contributed by atoms with van der Waals surface area (Å²) >= 11 is 0. The second kappa shape index (κ2) is 11.9. The van der Waals surface area contributed by atoms with E-state index in [4.69, 9.17) is 0 Å². The zero-order chi connectivity index (χ0) is 23.0. The second-order valence-electron chi connectivity index (χ2n) is 9.69. The third kappa shape index (κ3) is 6.62. The fourth-order valence-electron chi connectivity index (χ4n) is 5.10. The molecule has 1 aliphatic rings. The van der Waals surface area contributed by atoms with E-state index in [-0.39, 0.29) is 17.8 Å². The van der Waals surface area contributed by atoms with Gasteiger partial charge in [0.25, 0.3) is 5.92 Å². The van der Waals surface area contributed by atoms with Crippen molar-refractivity contribution in [3.8, 4) is 11.1 Å². The number of hydrogen-bond acceptors (Lipinski definition) is 0. The minimum Gasteiger partial charge on any atom is -0.206 e. The normalized spacial score (nSPS) is 19.3. The molecule has 3 heteroatoms. The van der Waals surface area contributed by atoms with Crippen LogP contribution in [0.1, 0.15) is 108 Å². The standard InChI is InChI=1S/C29H39F3/c1-3-5-7-8-9-22-10-12-23(13-11-22)25-16-19-27(28(30)21-25)24-14-17-26(18-15-24)29(31,32)20-6-4-2/h14-19,21-23H,3-13,20H2,1-2H3/t22-,23-. The quantitative estimate of drug-likeness (QED) is 0.302. The Morgan fingerprint density at radius 3 is 2.12 bits per heavy atom. The van der Waals surface area contributed by atoms with Crippen LogP contribution in [-0.2, 0) is 5.92 Å². The number of halogens is 3. The Morgan fingerprint density at radius 2 is 1.50 bits per heavy atom. The van der Waals surface area contributed by atoms with Gasteiger partial charge < -0.3 is 0 Å². The summed E-state index contributed by atoms with van der Waals surface area (Å²) in [5.41, 5.74) is 2.23. The van der Waals surface area contributed by atoms with E-state index < -0.39 is 5.92 Å². The van der Waals surface area contributed by atoms with E-state index in [1.807, 2.05) is 19.1 Å². The molecule has 2 aromatic carbocycles. The van der Waals surface area contributed by atoms with Crippen LogP contribution in [0.15, 0.2) is 42.5 Å². The van der Waals surface area contributed by atoms with Crippen LogP contribution in [0.3, 0.4) is 0 Å². The van der Waals surface area contributed by atoms with Crippen LogP contribution in [0.4, 0.5) is 13.2 Å². The molecule has 1 aliphatic carbocycles. The molecule has 1 saturated carbocycles. The van der Waals surface area contributed by atoms with Crippen molar-refractivity contribution in [1.82, 2.24) is 0 Å². The summed E-state index contributed by atoms with van der Waals surface area (Å²) in [6.45, 7) is 4.16. The fourth-order valence-corrected chi connectivity index (χ4v) is 5.10. The summed E-state index contributed by atoms with van der Waals surface area (Å²) in [5.74, 6) is -1.81. The van der Waals surface area contributed by atoms with Gasteiger partial charge in [-0.1, -0.05) is 88.8 Å². The molecule has 176 valence electrons. The molecule has 0 saturated heterocycles. The highest BCUT2D eigenvalue weighted by atomic mass is 19.3. The van der Waals surface area contributed by atoms with Gasteiger partial charge >= 0.3 is 0 Å². The van der Waals surface area contributed by atoms with Crippen molar-refractivity contribution < 1.29 is 13.2 Å². The van der Waals surface area contributed by atoms with Crippen LogP contribution in [-0.4, -0.2) is 0 Å². The first-order valence-corrected chi connectivity index (χ1v) is 12.7. The van der Waals surface area contributed by atoms with E-state index >= 15 is 0 Å². The van der Waals surface area contributed by atoms with Gasteiger partial charge in [-0.3, -0.25) is 0 Å². The van der Waals surface area contributed by atoms with Crippen LogP contribution in [0.25, 0.3) is 11.1 Å². The molecule has 3 rings (SSSR count). The molecule has 0 heterocycles. The molecule has 0 aromatic heterocycles. The Balaban J connectivity index is 1.60. The molecule has 2 aromatic rings. The van der Waals surface area contributed by atoms with Crippen LogP contribution in [0.2, 0.25) is 0 Å². The molecule has 0 amide bonds. The molecule has 0 nitrogen and oxygen atoms in total. The van der Waals surface area contributed by atoms with Gasteiger partial charge in [0, 0.05) is 17.5 Å². The summed E-state index contributed by atoms with van der Waals surface area (Å²) in [5, 5.41) is 0. The van der Waals surface area contributed by atoms with Gasteiger partial charge in [0.15, 0.2) is 0 Å². The SMILES string of the molecule is CCCCCC[C@H]1CC[C@H](c2ccc(-c3ccc(C(F)(F)CCCC)cc3)c(F)c2)CC1. The van der Waals surface area contributed by atoms with Crippen LogP contribution >= 0.6 is 0 Å². The fraction of sp³-hybridized carbons (Fsp3) is 0.586. The topological polar surface area (TPSA) is 0 Å². The number of alkyl halides is 2. The van der Waals surface area contributed by atoms with Crippen molar-refractivity contribution in [1.29, 1.82) is 0 Å². The van der Waals surface area contributed by atoms with Crippen molar-refractivity contribution in [2.75, 3.05) is 0 Å². The third-order valence-electron chi connectivity index (χ3n) is 7.24. The Bertz CT molecular complexity index is 817. The Kier molecular flexibility index (Phi) is 9.25. The van der Waals surface area contributed by atoms with Crippen molar-refractivity contribution in [3.63, 3.8) is 0 Å². The summed E-state index contributed by atoms with van der Waals surface area (Å²) in [6, 6.07) is 11.7. The smallest absolute Gasteiger partial charge is 0.206 e. The Morgan fingerprint density at radius 1 is 0.812 bits per heavy atom. The zero-order valence-corrected chi connectivity index (χ0v) is 19.8. The highest BCUT2D eigenvalue weighted by Crippen LogP contribution is 2.39. The van der Waals surface area contributed by atoms with E-state index in [2.05, 4.69) is 6.92 Å². The number of benzene rings is 2. The van der Waals surface area contributed by atoms with Gasteiger partial charge in [-0.2, -0.15) is 0 Å². The van der Waals surface area contributed by atoms with E-state index in [1.54, 1.807) is 18.2 Å². The molecular formula is C29H39F3. The van der Waals surface area contributed by atoms with Crippen molar-refractivity contribution in [3.05, 3.63) is 59.4 Å². The van der Waals surface area contributed by atoms with Crippen molar-refractivity contribution in [2.45, 2.75) is 103 Å². The molecule has 1 fully saturated rings. The van der Waals surface area contributed by atoms with E-state index in [1.165, 1.54) is 57.1 Å². The molecule has 0 spiro atoms. The summed E-state index contributed by atoms with van der Waals surface area (Å²) in [7, 11) is 0. The maximum atomic E-state index is 15.0. The van der Waals surface area contributed by atoms with Gasteiger partial charge in [-0.25, -0.2) is 13.2 Å². The Hall–Kier alpha value is -1.77. The van der Waals surface area contributed by atoms with E-state index in [0.29, 0.717) is 23.5 Å². The van der Waals surface area contributed by atoms with E-state index in [9.17, 15) is 13.2 Å². The van der Waals surface area contributed by atoms with Gasteiger partial charge in [-0.15, -0.1) is 0 Å². The monoisotopic (exact) mass is 444 g/mol. The Labute approximate surface area is 192 Å². The summed E-state index contributed by atoms with van der Waals surface area (Å²) < 4.78 is 43.5. The lowest BCUT2D eigenvalue weighted by Gasteiger charge is -2.29. The molecule has 0 unspecified atom stereocenters. The molecular weight excluding hydrogens is 405 g/mol. The van der Waals surface area contributed by atoms with Gasteiger partial charge in [-0.05, 0) is 61.1 Å². The van der Waals surface area contributed by atoms with Crippen molar-refractivity contribution >= 4 is 0 Å². The van der Waals surface area contributed by atoms with E-state index in [0.717, 1.165) is 30.7 Å². The first kappa shape index (κ1) is 24.9. The lowest BCUT2D eigenvalue weighted by molar-refractivity contribution is -0.0154. The summed E-state index contributed by atoms with van der Waals surface area (Å²) in [6.07, 6.45) is 12.5. The molecule has 0 aliphatic heterocycles. The minimum atomic E-state index is -2.83. The van der Waals surface area contributed by atoms with Gasteiger partial charge in [0.2, 0.25) is 0 Å². The largest absolute Gasteiger partial charge is 0.273 e. The maximum absolute atomic E-state index is 15.0. The molecule has 0 atom stereocenters. The molecule has 0 radical (unpaired) electrons. The minimum absolute atomic E-state index is 0.0122. The van der Waals surface area contributed by atoms with Crippen molar-refractivity contribution in [2.24, 2.45) is 5.92 Å². The number of unbranched alkanes of at least 4 members (excludes halogenated alkanes) is 4. The third-order valence-corrected chi connectivity index (χ3v) is 7.24. The first-order valence-electron chi connectivity index (χ1n) is 12.7. The highest BCUT2D eigenvalue weighted by Gasteiger charge is 2.30.